The number of carboxylic acids is 1. The van der Waals surface area contributed by atoms with Crippen LogP contribution in [-0.4, -0.2) is 53.4 Å². The third-order valence-corrected chi connectivity index (χ3v) is 5.57. The summed E-state index contributed by atoms with van der Waals surface area (Å²) in [6, 6.07) is 9.66. The van der Waals surface area contributed by atoms with Crippen molar-refractivity contribution >= 4 is 53.3 Å². The van der Waals surface area contributed by atoms with Gasteiger partial charge in [-0.05, 0) is 48.0 Å². The van der Waals surface area contributed by atoms with Crippen molar-refractivity contribution in [1.82, 2.24) is 10.2 Å². The molecule has 10 heteroatoms. The molecule has 1 aliphatic rings. The number of benzene rings is 2. The number of nitrogens with one attached hydrogen (secondary N) is 2. The fraction of sp³-hybridized carbons (Fsp3) is 0.333. The van der Waals surface area contributed by atoms with Gasteiger partial charge in [-0.1, -0.05) is 35.3 Å². The Morgan fingerprint density at radius 3 is 2.68 bits per heavy atom. The number of halogens is 3. The summed E-state index contributed by atoms with van der Waals surface area (Å²) >= 11 is 12.7. The molecule has 0 radical (unpaired) electrons. The molecular weight excluding hydrogens is 465 g/mol. The van der Waals surface area contributed by atoms with Crippen molar-refractivity contribution in [3.05, 3.63) is 63.1 Å². The molecule has 0 bridgehead atoms. The van der Waals surface area contributed by atoms with Gasteiger partial charge < -0.3 is 25.7 Å². The van der Waals surface area contributed by atoms with Crippen molar-refractivity contribution in [1.29, 1.82) is 0 Å². The number of aliphatic carboxylic acids is 1. The van der Waals surface area contributed by atoms with Crippen LogP contribution < -0.4 is 10.6 Å². The summed E-state index contributed by atoms with van der Waals surface area (Å²) < 4.78 is 0. The Labute approximate surface area is 196 Å². The second kappa shape index (κ2) is 11.0. The highest BCUT2D eigenvalue weighted by molar-refractivity contribution is 6.35. The molecule has 1 heterocycles. The lowest BCUT2D eigenvalue weighted by Crippen LogP contribution is -2.41. The summed E-state index contributed by atoms with van der Waals surface area (Å²) in [5.74, 6) is -1.08. The number of carbonyl (C=O) groups is 2. The van der Waals surface area contributed by atoms with Crippen molar-refractivity contribution in [3.63, 3.8) is 0 Å². The highest BCUT2D eigenvalue weighted by Crippen LogP contribution is 2.38. The van der Waals surface area contributed by atoms with E-state index >= 15 is 0 Å². The Hall–Kier alpha value is -2.03. The molecule has 7 nitrogen and oxygen atoms in total. The molecule has 168 valence electrons. The minimum absolute atomic E-state index is 0. The molecular formula is C21H24Cl3N3O4. The van der Waals surface area contributed by atoms with Gasteiger partial charge in [0, 0.05) is 34.7 Å². The van der Waals surface area contributed by atoms with E-state index in [-0.39, 0.29) is 24.7 Å². The number of hydrogen-bond donors (Lipinski definition) is 4. The predicted octanol–water partition coefficient (Wildman–Crippen LogP) is 3.95. The van der Waals surface area contributed by atoms with Gasteiger partial charge in [-0.2, -0.15) is 0 Å². The highest BCUT2D eigenvalue weighted by Gasteiger charge is 2.27. The van der Waals surface area contributed by atoms with E-state index < -0.39 is 24.6 Å². The first-order valence-electron chi connectivity index (χ1n) is 9.43. The van der Waals surface area contributed by atoms with E-state index in [0.717, 1.165) is 29.8 Å². The van der Waals surface area contributed by atoms with Crippen LogP contribution in [0.3, 0.4) is 0 Å². The zero-order valence-electron chi connectivity index (χ0n) is 16.8. The number of fused-ring (bicyclic) bond motifs is 1. The van der Waals surface area contributed by atoms with Crippen LogP contribution in [0.15, 0.2) is 36.4 Å². The number of likely N-dealkylation sites (N-methyl/N-ethyl adjacent to an activating group) is 1. The van der Waals surface area contributed by atoms with E-state index in [4.69, 9.17) is 28.3 Å². The molecule has 1 unspecified atom stereocenters. The summed E-state index contributed by atoms with van der Waals surface area (Å²) in [6.07, 6.45) is -0.364. The number of amides is 2. The molecule has 0 fully saturated rings. The lowest BCUT2D eigenvalue weighted by atomic mass is 9.84. The summed E-state index contributed by atoms with van der Waals surface area (Å²) in [5.41, 5.74) is 3.65. The van der Waals surface area contributed by atoms with Crippen LogP contribution >= 0.6 is 35.6 Å². The van der Waals surface area contributed by atoms with E-state index in [1.165, 1.54) is 0 Å². The van der Waals surface area contributed by atoms with Gasteiger partial charge >= 0.3 is 12.0 Å². The molecule has 0 aromatic heterocycles. The third-order valence-electron chi connectivity index (χ3n) is 5.02. The zero-order valence-corrected chi connectivity index (χ0v) is 19.1. The molecule has 3 rings (SSSR count). The summed E-state index contributed by atoms with van der Waals surface area (Å²) in [4.78, 5) is 25.2. The molecule has 0 saturated heterocycles. The van der Waals surface area contributed by atoms with Gasteiger partial charge in [0.1, 0.15) is 0 Å². The highest BCUT2D eigenvalue weighted by atomic mass is 35.5. The van der Waals surface area contributed by atoms with Crippen molar-refractivity contribution in [2.75, 3.05) is 25.5 Å². The van der Waals surface area contributed by atoms with E-state index in [9.17, 15) is 14.7 Å². The monoisotopic (exact) mass is 487 g/mol. The number of carbonyl (C=O) groups excluding carboxylic acids is 1. The Kier molecular flexibility index (Phi) is 8.97. The van der Waals surface area contributed by atoms with Crippen molar-refractivity contribution < 1.29 is 19.8 Å². The Balaban J connectivity index is 0.00000341. The normalized spacial score (nSPS) is 16.6. The molecule has 2 amide bonds. The first-order chi connectivity index (χ1) is 14.3. The van der Waals surface area contributed by atoms with Gasteiger partial charge in [0.15, 0.2) is 0 Å². The van der Waals surface area contributed by atoms with E-state index in [0.29, 0.717) is 15.7 Å². The molecule has 2 aromatic carbocycles. The summed E-state index contributed by atoms with van der Waals surface area (Å²) in [7, 11) is 2.02. The largest absolute Gasteiger partial charge is 0.481 e. The molecule has 1 aliphatic heterocycles. The number of carboxylic acid groups (broad SMARTS) is 1. The fourth-order valence-corrected chi connectivity index (χ4v) is 4.26. The number of anilines is 1. The SMILES string of the molecule is CN1Cc2c(Cl)cc(Cl)cc2C(c2cccc(NC(=O)N[C@H](CO)CC(=O)O)c2)C1.Cl. The van der Waals surface area contributed by atoms with Crippen molar-refractivity contribution in [3.8, 4) is 0 Å². The Morgan fingerprint density at radius 1 is 1.26 bits per heavy atom. The number of urea groups is 1. The number of aliphatic hydroxyl groups excluding tert-OH is 1. The van der Waals surface area contributed by atoms with Crippen LogP contribution in [0.25, 0.3) is 0 Å². The molecule has 0 saturated carbocycles. The number of aliphatic hydroxyl groups is 1. The lowest BCUT2D eigenvalue weighted by molar-refractivity contribution is -0.137. The Bertz CT molecular complexity index is 957. The number of rotatable bonds is 6. The Morgan fingerprint density at radius 2 is 2.00 bits per heavy atom. The zero-order chi connectivity index (χ0) is 21.8. The van der Waals surface area contributed by atoms with Gasteiger partial charge in [0.05, 0.1) is 19.1 Å². The van der Waals surface area contributed by atoms with Gasteiger partial charge in [0.2, 0.25) is 0 Å². The molecule has 2 aromatic rings. The fourth-order valence-electron chi connectivity index (χ4n) is 3.69. The first kappa shape index (κ1) is 25.2. The van der Waals surface area contributed by atoms with Crippen LogP contribution in [-0.2, 0) is 11.3 Å². The topological polar surface area (TPSA) is 102 Å². The lowest BCUT2D eigenvalue weighted by Gasteiger charge is -2.33. The smallest absolute Gasteiger partial charge is 0.319 e. The van der Waals surface area contributed by atoms with Gasteiger partial charge in [-0.3, -0.25) is 4.79 Å². The van der Waals surface area contributed by atoms with Crippen molar-refractivity contribution in [2.45, 2.75) is 24.9 Å². The average molecular weight is 489 g/mol. The molecule has 31 heavy (non-hydrogen) atoms. The first-order valence-corrected chi connectivity index (χ1v) is 10.2. The van der Waals surface area contributed by atoms with Crippen LogP contribution in [0.1, 0.15) is 29.0 Å². The van der Waals surface area contributed by atoms with Crippen LogP contribution in [0.2, 0.25) is 10.0 Å². The van der Waals surface area contributed by atoms with E-state index in [2.05, 4.69) is 15.5 Å². The number of hydrogen-bond acceptors (Lipinski definition) is 4. The predicted molar refractivity (Wildman–Crippen MR) is 124 cm³/mol. The average Bonchev–Trinajstić information content (AvgIpc) is 2.67. The van der Waals surface area contributed by atoms with E-state index in [1.54, 1.807) is 12.1 Å². The molecule has 0 aliphatic carbocycles. The molecule has 4 N–H and O–H groups in total. The summed E-state index contributed by atoms with van der Waals surface area (Å²) in [6.45, 7) is 1.03. The maximum absolute atomic E-state index is 12.2. The minimum atomic E-state index is -1.10. The van der Waals surface area contributed by atoms with Crippen molar-refractivity contribution in [2.24, 2.45) is 0 Å². The van der Waals surface area contributed by atoms with Crippen LogP contribution in [0, 0.1) is 0 Å². The standard InChI is InChI=1S/C21H23Cl2N3O4.ClH/c1-26-9-17(16-6-13(22)7-19(23)18(16)10-26)12-3-2-4-14(5-12)24-21(30)25-15(11-27)8-20(28)29;/h2-7,15,17,27H,8-11H2,1H3,(H,28,29)(H2,24,25,30);1H/t15-,17?;/m0./s1. The molecule has 0 spiro atoms. The van der Waals surface area contributed by atoms with Crippen LogP contribution in [0.5, 0.6) is 0 Å². The van der Waals surface area contributed by atoms with Gasteiger partial charge in [-0.25, -0.2) is 4.79 Å². The number of nitrogens with zero attached hydrogens (tertiary/aromatic N) is 1. The minimum Gasteiger partial charge on any atom is -0.481 e. The van der Waals surface area contributed by atoms with E-state index in [1.807, 2.05) is 31.3 Å². The maximum Gasteiger partial charge on any atom is 0.319 e. The molecule has 2 atom stereocenters. The van der Waals surface area contributed by atoms with Crippen LogP contribution in [0.4, 0.5) is 10.5 Å². The third kappa shape index (κ3) is 6.48. The second-order valence-corrected chi connectivity index (χ2v) is 8.25. The quantitative estimate of drug-likeness (QED) is 0.493. The second-order valence-electron chi connectivity index (χ2n) is 7.41. The van der Waals surface area contributed by atoms with Gasteiger partial charge in [-0.15, -0.1) is 12.4 Å². The summed E-state index contributed by atoms with van der Waals surface area (Å²) in [5, 5.41) is 24.4. The van der Waals surface area contributed by atoms with Gasteiger partial charge in [0.25, 0.3) is 0 Å². The maximum atomic E-state index is 12.2.